The molecule has 5 rings (SSSR count). The Morgan fingerprint density at radius 1 is 1.17 bits per heavy atom. The lowest BCUT2D eigenvalue weighted by Gasteiger charge is -2.17. The van der Waals surface area contributed by atoms with Gasteiger partial charge in [-0.3, -0.25) is 9.25 Å². The Morgan fingerprint density at radius 3 is 2.69 bits per heavy atom. The molecule has 1 aliphatic rings. The smallest absolute Gasteiger partial charge is 0.355 e. The lowest BCUT2D eigenvalue weighted by molar-refractivity contribution is 0.267. The van der Waals surface area contributed by atoms with Gasteiger partial charge in [-0.05, 0) is 18.2 Å². The molecule has 0 saturated carbocycles. The molecule has 3 heterocycles. The van der Waals surface area contributed by atoms with Crippen molar-refractivity contribution >= 4 is 34.1 Å². The second-order valence-electron chi connectivity index (χ2n) is 7.79. The number of hydrogen-bond acceptors (Lipinski definition) is 7. The summed E-state index contributed by atoms with van der Waals surface area (Å²) in [5, 5.41) is 10.6. The van der Waals surface area contributed by atoms with E-state index in [0.717, 1.165) is 4.57 Å². The summed E-state index contributed by atoms with van der Waals surface area (Å²) in [5.41, 5.74) is -1.65. The van der Waals surface area contributed by atoms with E-state index in [1.807, 2.05) is 0 Å². The summed E-state index contributed by atoms with van der Waals surface area (Å²) in [6.07, 6.45) is 2.99. The zero-order valence-corrected chi connectivity index (χ0v) is 19.2. The van der Waals surface area contributed by atoms with Gasteiger partial charge in [-0.15, -0.1) is 0 Å². The second kappa shape index (κ2) is 9.07. The summed E-state index contributed by atoms with van der Waals surface area (Å²) in [7, 11) is 1.70. The van der Waals surface area contributed by atoms with Gasteiger partial charge in [0, 0.05) is 30.2 Å². The molecule has 2 N–H and O–H groups in total. The lowest BCUT2D eigenvalue weighted by atomic mass is 10.2. The van der Waals surface area contributed by atoms with Crippen molar-refractivity contribution in [2.75, 3.05) is 12.0 Å². The van der Waals surface area contributed by atoms with Gasteiger partial charge in [-0.1, -0.05) is 11.6 Å². The Labute approximate surface area is 208 Å². The Morgan fingerprint density at radius 2 is 1.94 bits per heavy atom. The third-order valence-electron chi connectivity index (χ3n) is 5.29. The predicted molar refractivity (Wildman–Crippen MR) is 124 cm³/mol. The van der Waals surface area contributed by atoms with Crippen molar-refractivity contribution in [3.63, 3.8) is 0 Å². The summed E-state index contributed by atoms with van der Waals surface area (Å²) in [6.45, 7) is -1.03. The van der Waals surface area contributed by atoms with Crippen molar-refractivity contribution in [3.05, 3.63) is 91.4 Å². The van der Waals surface area contributed by atoms with Crippen LogP contribution < -0.4 is 22.0 Å². The molecule has 0 radical (unpaired) electrons. The highest BCUT2D eigenvalue weighted by Gasteiger charge is 2.20. The van der Waals surface area contributed by atoms with Crippen LogP contribution in [0.1, 0.15) is 8.30 Å². The summed E-state index contributed by atoms with van der Waals surface area (Å²) in [5.74, 6) is -5.53. The van der Waals surface area contributed by atoms with Crippen LogP contribution in [0.25, 0.3) is 10.9 Å². The largest absolute Gasteiger partial charge is 0.479 e. The Hall–Kier alpha value is -4.26. The molecule has 186 valence electrons. The van der Waals surface area contributed by atoms with Crippen LogP contribution in [0.3, 0.4) is 0 Å². The number of hydrogen-bond donors (Lipinski definition) is 2. The van der Waals surface area contributed by atoms with Crippen LogP contribution in [0.5, 0.6) is 0 Å². The van der Waals surface area contributed by atoms with Crippen LogP contribution in [0.2, 0.25) is 5.02 Å². The minimum Gasteiger partial charge on any atom is -0.479 e. The topological polar surface area (TPSA) is 108 Å². The summed E-state index contributed by atoms with van der Waals surface area (Å²) in [6, 6.07) is 0.521. The van der Waals surface area contributed by atoms with Gasteiger partial charge in [0.15, 0.2) is 18.4 Å². The molecule has 0 saturated heterocycles. The number of halogens is 4. The quantitative estimate of drug-likeness (QED) is 0.375. The van der Waals surface area contributed by atoms with Gasteiger partial charge >= 0.3 is 11.4 Å². The number of allylic oxidation sites excluding steroid dienone is 1. The van der Waals surface area contributed by atoms with E-state index in [1.165, 1.54) is 12.3 Å². The molecule has 36 heavy (non-hydrogen) atoms. The molecule has 10 nitrogen and oxygen atoms in total. The molecule has 2 aromatic heterocycles. The average molecular weight is 522 g/mol. The van der Waals surface area contributed by atoms with Crippen molar-refractivity contribution in [3.8, 4) is 0 Å². The Balaban J connectivity index is 1.67. The van der Waals surface area contributed by atoms with E-state index in [-0.39, 0.29) is 24.0 Å². The van der Waals surface area contributed by atoms with Gasteiger partial charge in [0.25, 0.3) is 0 Å². The number of fused-ring (bicyclic) bond motifs is 1. The first-order valence-electron chi connectivity index (χ1n) is 11.3. The number of nitrogens with zero attached hydrogens (tertiary/aromatic N) is 5. The minimum absolute atomic E-state index is 0.120. The molecule has 0 atom stereocenters. The molecule has 0 unspecified atom stereocenters. The number of ether oxygens (including phenoxy) is 1. The van der Waals surface area contributed by atoms with Crippen molar-refractivity contribution in [1.29, 1.82) is 0 Å². The molecule has 0 amide bonds. The van der Waals surface area contributed by atoms with E-state index in [2.05, 4.69) is 20.7 Å². The Bertz CT molecular complexity index is 1740. The molecule has 0 bridgehead atoms. The fourth-order valence-corrected chi connectivity index (χ4v) is 3.81. The van der Waals surface area contributed by atoms with Crippen molar-refractivity contribution in [2.24, 2.45) is 7.05 Å². The van der Waals surface area contributed by atoms with Crippen LogP contribution in [-0.2, 0) is 24.9 Å². The maximum atomic E-state index is 14.8. The third-order valence-corrected chi connectivity index (χ3v) is 5.61. The van der Waals surface area contributed by atoms with Crippen LogP contribution in [0, 0.1) is 17.5 Å². The van der Waals surface area contributed by atoms with Crippen molar-refractivity contribution in [1.82, 2.24) is 29.2 Å². The normalized spacial score (nSPS) is 13.8. The number of aromatic nitrogens is 5. The summed E-state index contributed by atoms with van der Waals surface area (Å²) in [4.78, 5) is 30.2. The van der Waals surface area contributed by atoms with Gasteiger partial charge in [-0.2, -0.15) is 10.1 Å². The van der Waals surface area contributed by atoms with Crippen LogP contribution in [0.4, 0.5) is 24.8 Å². The van der Waals surface area contributed by atoms with Crippen molar-refractivity contribution < 1.29 is 20.6 Å². The van der Waals surface area contributed by atoms with Gasteiger partial charge < -0.3 is 15.4 Å². The fourth-order valence-electron chi connectivity index (χ4n) is 3.61. The van der Waals surface area contributed by atoms with Gasteiger partial charge in [0.05, 0.1) is 37.8 Å². The molecule has 0 fully saturated rings. The van der Waals surface area contributed by atoms with E-state index in [9.17, 15) is 22.8 Å². The second-order valence-corrected chi connectivity index (χ2v) is 8.20. The maximum absolute atomic E-state index is 14.8. The lowest BCUT2D eigenvalue weighted by Crippen LogP contribution is -2.43. The summed E-state index contributed by atoms with van der Waals surface area (Å²) < 4.78 is 66.3. The number of aryl methyl sites for hydroxylation is 1. The van der Waals surface area contributed by atoms with E-state index in [0.29, 0.717) is 21.2 Å². The maximum Gasteiger partial charge on any atom is 0.355 e. The van der Waals surface area contributed by atoms with Gasteiger partial charge in [0.1, 0.15) is 12.1 Å². The first-order valence-corrected chi connectivity index (χ1v) is 10.7. The molecule has 0 aliphatic carbocycles. The highest BCUT2D eigenvalue weighted by molar-refractivity contribution is 6.34. The molecule has 14 heteroatoms. The average Bonchev–Trinajstić information content (AvgIpc) is 3.52. The SMILES string of the molecule is [2H]c1c(F)c(F)c([2H])c(Cn2c(Nc3cc4cn(C)nc4cc3Cl)nc(=O)n(CC3=COCN3)c2=O)c1F. The van der Waals surface area contributed by atoms with Crippen molar-refractivity contribution in [2.45, 2.75) is 13.1 Å². The molecule has 4 aromatic rings. The van der Waals surface area contributed by atoms with E-state index in [4.69, 9.17) is 19.1 Å². The first-order chi connectivity index (χ1) is 18.0. The molecule has 1 aliphatic heterocycles. The standard InChI is InChI=1S/C22H17ClF3N7O3/c1-31-6-12-3-19(14(23)4-18(12)30-31)28-20-29-21(34)33(8-13-9-36-10-27-13)22(35)32(20)7-11-2-16(25)17(26)5-15(11)24/h2-6,9,27H,7-8,10H2,1H3,(H,28,29,34)/i2D,5D. The Kier molecular flexibility index (Phi) is 5.31. The summed E-state index contributed by atoms with van der Waals surface area (Å²) >= 11 is 6.36. The third kappa shape index (κ3) is 4.40. The van der Waals surface area contributed by atoms with Crippen LogP contribution in [0.15, 0.2) is 52.0 Å². The monoisotopic (exact) mass is 521 g/mol. The molecule has 2 aromatic carbocycles. The van der Waals surface area contributed by atoms with Crippen LogP contribution in [-0.4, -0.2) is 30.6 Å². The highest BCUT2D eigenvalue weighted by atomic mass is 35.5. The van der Waals surface area contributed by atoms with Gasteiger partial charge in [0.2, 0.25) is 5.95 Å². The zero-order chi connectivity index (χ0) is 27.3. The van der Waals surface area contributed by atoms with Crippen LogP contribution >= 0.6 is 11.6 Å². The fraction of sp³-hybridized carbons (Fsp3) is 0.182. The molecule has 0 spiro atoms. The highest BCUT2D eigenvalue weighted by Crippen LogP contribution is 2.29. The predicted octanol–water partition coefficient (Wildman–Crippen LogP) is 2.57. The first kappa shape index (κ1) is 21.1. The number of rotatable bonds is 6. The van der Waals surface area contributed by atoms with Gasteiger partial charge in [-0.25, -0.2) is 27.3 Å². The van der Waals surface area contributed by atoms with E-state index < -0.39 is 59.0 Å². The number of anilines is 2. The molecular weight excluding hydrogens is 503 g/mol. The minimum atomic E-state index is -1.83. The van der Waals surface area contributed by atoms with E-state index in [1.54, 1.807) is 24.0 Å². The van der Waals surface area contributed by atoms with E-state index >= 15 is 0 Å². The number of benzene rings is 2. The zero-order valence-electron chi connectivity index (χ0n) is 20.4. The number of nitrogens with one attached hydrogen (secondary N) is 2. The molecular formula is C22H17ClF3N7O3.